The van der Waals surface area contributed by atoms with E-state index in [-0.39, 0.29) is 17.7 Å². The number of carboxylic acid groups (broad SMARTS) is 1. The number of aliphatic carboxylic acids is 1. The molecule has 0 aromatic carbocycles. The number of sulfonamides is 1. The van der Waals surface area contributed by atoms with Gasteiger partial charge < -0.3 is 5.11 Å². The molecule has 0 amide bonds. The summed E-state index contributed by atoms with van der Waals surface area (Å²) < 4.78 is 25.9. The van der Waals surface area contributed by atoms with Crippen LogP contribution in [0.15, 0.2) is 0 Å². The Balaban J connectivity index is 1.83. The Morgan fingerprint density at radius 3 is 2.44 bits per heavy atom. The number of carboxylic acids is 1. The van der Waals surface area contributed by atoms with E-state index in [4.69, 9.17) is 5.11 Å². The summed E-state index contributed by atoms with van der Waals surface area (Å²) in [6.07, 6.45) is 3.65. The Labute approximate surface area is 95.3 Å². The van der Waals surface area contributed by atoms with E-state index in [0.29, 0.717) is 25.2 Å². The van der Waals surface area contributed by atoms with Gasteiger partial charge in [-0.25, -0.2) is 13.1 Å². The summed E-state index contributed by atoms with van der Waals surface area (Å²) in [6.45, 7) is 0. The first-order valence-electron chi connectivity index (χ1n) is 5.69. The molecule has 2 atom stereocenters. The third-order valence-electron chi connectivity index (χ3n) is 3.28. The second kappa shape index (κ2) is 4.33. The highest BCUT2D eigenvalue weighted by atomic mass is 32.2. The van der Waals surface area contributed by atoms with Crippen molar-refractivity contribution in [2.24, 2.45) is 11.8 Å². The van der Waals surface area contributed by atoms with Crippen molar-refractivity contribution < 1.29 is 18.3 Å². The van der Waals surface area contributed by atoms with Crippen LogP contribution in [0.25, 0.3) is 0 Å². The van der Waals surface area contributed by atoms with Crippen molar-refractivity contribution in [1.82, 2.24) is 4.72 Å². The molecular weight excluding hydrogens is 230 g/mol. The second-order valence-corrected chi connectivity index (χ2v) is 6.69. The summed E-state index contributed by atoms with van der Waals surface area (Å²) >= 11 is 0. The molecule has 2 unspecified atom stereocenters. The highest BCUT2D eigenvalue weighted by Gasteiger charge is 2.34. The number of hydrogen-bond donors (Lipinski definition) is 2. The average molecular weight is 247 g/mol. The van der Waals surface area contributed by atoms with Crippen LogP contribution in [0, 0.1) is 11.8 Å². The molecule has 92 valence electrons. The molecule has 2 fully saturated rings. The van der Waals surface area contributed by atoms with E-state index in [1.165, 1.54) is 0 Å². The average Bonchev–Trinajstić information content (AvgIpc) is 2.80. The monoisotopic (exact) mass is 247 g/mol. The van der Waals surface area contributed by atoms with Crippen molar-refractivity contribution in [3.05, 3.63) is 0 Å². The molecule has 0 spiro atoms. The van der Waals surface area contributed by atoms with Gasteiger partial charge >= 0.3 is 5.97 Å². The van der Waals surface area contributed by atoms with Gasteiger partial charge in [-0.3, -0.25) is 4.79 Å². The maximum absolute atomic E-state index is 11.7. The normalized spacial score (nSPS) is 30.5. The van der Waals surface area contributed by atoms with Crippen LogP contribution >= 0.6 is 0 Å². The van der Waals surface area contributed by atoms with E-state index >= 15 is 0 Å². The Morgan fingerprint density at radius 1 is 1.25 bits per heavy atom. The lowest BCUT2D eigenvalue weighted by Crippen LogP contribution is -2.35. The van der Waals surface area contributed by atoms with E-state index in [2.05, 4.69) is 4.72 Å². The van der Waals surface area contributed by atoms with Gasteiger partial charge in [-0.05, 0) is 38.0 Å². The van der Waals surface area contributed by atoms with Crippen LogP contribution in [-0.2, 0) is 14.8 Å². The van der Waals surface area contributed by atoms with Crippen LogP contribution in [0.3, 0.4) is 0 Å². The van der Waals surface area contributed by atoms with Crippen LogP contribution in [0.1, 0.15) is 32.1 Å². The first-order chi connectivity index (χ1) is 7.46. The molecule has 0 heterocycles. The zero-order valence-corrected chi connectivity index (χ0v) is 9.87. The quantitative estimate of drug-likeness (QED) is 0.744. The second-order valence-electron chi connectivity index (χ2n) is 4.89. The maximum Gasteiger partial charge on any atom is 0.306 e. The number of rotatable bonds is 5. The molecule has 0 bridgehead atoms. The highest BCUT2D eigenvalue weighted by molar-refractivity contribution is 7.89. The summed E-state index contributed by atoms with van der Waals surface area (Å²) in [4.78, 5) is 10.7. The summed E-state index contributed by atoms with van der Waals surface area (Å²) in [5.74, 6) is -0.659. The van der Waals surface area contributed by atoms with Crippen LogP contribution in [0.2, 0.25) is 0 Å². The molecular formula is C10H17NO4S. The van der Waals surface area contributed by atoms with Gasteiger partial charge in [0, 0.05) is 6.04 Å². The minimum Gasteiger partial charge on any atom is -0.481 e. The van der Waals surface area contributed by atoms with Crippen molar-refractivity contribution in [2.45, 2.75) is 38.1 Å². The minimum atomic E-state index is -3.19. The van der Waals surface area contributed by atoms with E-state index in [1.807, 2.05) is 0 Å². The lowest BCUT2D eigenvalue weighted by Gasteiger charge is -2.12. The predicted octanol–water partition coefficient (Wildman–Crippen LogP) is 0.569. The lowest BCUT2D eigenvalue weighted by molar-refractivity contribution is -0.141. The molecule has 0 radical (unpaired) electrons. The van der Waals surface area contributed by atoms with Gasteiger partial charge in [0.05, 0.1) is 11.7 Å². The van der Waals surface area contributed by atoms with Gasteiger partial charge in [0.1, 0.15) is 0 Å². The molecule has 2 saturated carbocycles. The fourth-order valence-corrected chi connectivity index (χ4v) is 3.98. The minimum absolute atomic E-state index is 0.176. The Morgan fingerprint density at radius 2 is 1.94 bits per heavy atom. The standard InChI is InChI=1S/C10H17NO4S/c12-10(13)8-3-4-9(5-8)11-16(14,15)6-7-1-2-7/h7-9,11H,1-6H2,(H,12,13). The van der Waals surface area contributed by atoms with Gasteiger partial charge in [-0.15, -0.1) is 0 Å². The van der Waals surface area contributed by atoms with Crippen molar-refractivity contribution in [1.29, 1.82) is 0 Å². The molecule has 5 nitrogen and oxygen atoms in total. The third-order valence-corrected chi connectivity index (χ3v) is 4.88. The van der Waals surface area contributed by atoms with Crippen molar-refractivity contribution in [3.63, 3.8) is 0 Å². The number of carbonyl (C=O) groups is 1. The molecule has 6 heteroatoms. The molecule has 0 aliphatic heterocycles. The molecule has 2 aliphatic rings. The van der Waals surface area contributed by atoms with Gasteiger partial charge in [0.25, 0.3) is 0 Å². The molecule has 2 aliphatic carbocycles. The fraction of sp³-hybridized carbons (Fsp3) is 0.900. The van der Waals surface area contributed by atoms with Crippen molar-refractivity contribution in [2.75, 3.05) is 5.75 Å². The zero-order valence-electron chi connectivity index (χ0n) is 9.05. The Bertz CT molecular complexity index is 374. The molecule has 0 saturated heterocycles. The summed E-state index contributed by atoms with van der Waals surface area (Å²) in [6, 6.07) is -0.176. The van der Waals surface area contributed by atoms with Crippen LogP contribution in [-0.4, -0.2) is 31.3 Å². The van der Waals surface area contributed by atoms with E-state index in [1.54, 1.807) is 0 Å². The van der Waals surface area contributed by atoms with E-state index < -0.39 is 16.0 Å². The van der Waals surface area contributed by atoms with Gasteiger partial charge in [-0.2, -0.15) is 0 Å². The third kappa shape index (κ3) is 3.18. The predicted molar refractivity (Wildman–Crippen MR) is 58.4 cm³/mol. The van der Waals surface area contributed by atoms with Gasteiger partial charge in [0.15, 0.2) is 0 Å². The smallest absolute Gasteiger partial charge is 0.306 e. The van der Waals surface area contributed by atoms with Crippen molar-refractivity contribution >= 4 is 16.0 Å². The Kier molecular flexibility index (Phi) is 3.21. The fourth-order valence-electron chi connectivity index (χ4n) is 2.21. The molecule has 16 heavy (non-hydrogen) atoms. The first-order valence-corrected chi connectivity index (χ1v) is 7.34. The first kappa shape index (κ1) is 11.9. The van der Waals surface area contributed by atoms with E-state index in [0.717, 1.165) is 12.8 Å². The number of nitrogens with one attached hydrogen (secondary N) is 1. The largest absolute Gasteiger partial charge is 0.481 e. The lowest BCUT2D eigenvalue weighted by atomic mass is 10.1. The van der Waals surface area contributed by atoms with Crippen LogP contribution in [0.4, 0.5) is 0 Å². The summed E-state index contributed by atoms with van der Waals surface area (Å²) in [7, 11) is -3.19. The van der Waals surface area contributed by atoms with Crippen LogP contribution < -0.4 is 4.72 Å². The molecule has 0 aromatic rings. The van der Waals surface area contributed by atoms with E-state index in [9.17, 15) is 13.2 Å². The topological polar surface area (TPSA) is 83.5 Å². The van der Waals surface area contributed by atoms with Crippen LogP contribution in [0.5, 0.6) is 0 Å². The van der Waals surface area contributed by atoms with Crippen molar-refractivity contribution in [3.8, 4) is 0 Å². The van der Waals surface area contributed by atoms with Gasteiger partial charge in [0.2, 0.25) is 10.0 Å². The SMILES string of the molecule is O=C(O)C1CCC(NS(=O)(=O)CC2CC2)C1. The Hall–Kier alpha value is -0.620. The maximum atomic E-state index is 11.7. The molecule has 2 rings (SSSR count). The highest BCUT2D eigenvalue weighted by Crippen LogP contribution is 2.31. The zero-order chi connectivity index (χ0) is 11.8. The summed E-state index contributed by atoms with van der Waals surface area (Å²) in [5.41, 5.74) is 0. The van der Waals surface area contributed by atoms with Gasteiger partial charge in [-0.1, -0.05) is 0 Å². The number of hydrogen-bond acceptors (Lipinski definition) is 3. The molecule has 0 aromatic heterocycles. The molecule has 2 N–H and O–H groups in total. The summed E-state index contributed by atoms with van der Waals surface area (Å²) in [5, 5.41) is 8.81.